The molecule has 1 N–H and O–H groups in total. The lowest BCUT2D eigenvalue weighted by atomic mass is 9.99. The van der Waals surface area contributed by atoms with Crippen molar-refractivity contribution in [1.82, 2.24) is 0 Å². The van der Waals surface area contributed by atoms with Crippen molar-refractivity contribution >= 4 is 22.6 Å². The summed E-state index contributed by atoms with van der Waals surface area (Å²) in [5.74, 6) is 1.34. The lowest BCUT2D eigenvalue weighted by molar-refractivity contribution is 0.479. The van der Waals surface area contributed by atoms with Crippen molar-refractivity contribution in [2.45, 2.75) is 51.7 Å². The number of nitrogens with zero attached hydrogens (tertiary/aromatic N) is 1. The highest BCUT2D eigenvalue weighted by Gasteiger charge is 2.25. The predicted molar refractivity (Wildman–Crippen MR) is 91.9 cm³/mol. The van der Waals surface area contributed by atoms with Gasteiger partial charge in [-0.3, -0.25) is 4.99 Å². The molecule has 110 valence electrons. The topological polar surface area (TPSA) is 24.4 Å². The van der Waals surface area contributed by atoms with E-state index in [1.165, 1.54) is 18.4 Å². The van der Waals surface area contributed by atoms with Gasteiger partial charge in [-0.1, -0.05) is 64.4 Å². The summed E-state index contributed by atoms with van der Waals surface area (Å²) in [6.45, 7) is 9.98. The van der Waals surface area contributed by atoms with E-state index in [-0.39, 0.29) is 0 Å². The molecular weight excluding hydrogens is 264 g/mol. The van der Waals surface area contributed by atoms with E-state index < -0.39 is 0 Å². The Morgan fingerprint density at radius 2 is 2.05 bits per heavy atom. The summed E-state index contributed by atoms with van der Waals surface area (Å²) < 4.78 is 0. The van der Waals surface area contributed by atoms with Gasteiger partial charge in [0.05, 0.1) is 6.54 Å². The van der Waals surface area contributed by atoms with Gasteiger partial charge in [0.2, 0.25) is 0 Å². The van der Waals surface area contributed by atoms with Crippen LogP contribution in [0, 0.1) is 5.92 Å². The second kappa shape index (κ2) is 7.16. The van der Waals surface area contributed by atoms with Gasteiger partial charge < -0.3 is 5.32 Å². The van der Waals surface area contributed by atoms with E-state index in [9.17, 15) is 0 Å². The van der Waals surface area contributed by atoms with Crippen LogP contribution in [0.25, 0.3) is 0 Å². The van der Waals surface area contributed by atoms with Crippen LogP contribution in [0.15, 0.2) is 29.3 Å². The summed E-state index contributed by atoms with van der Waals surface area (Å²) in [6.07, 6.45) is 2.50. The lowest BCUT2D eigenvalue weighted by Crippen LogP contribution is -2.17. The average Bonchev–Trinajstić information content (AvgIpc) is 2.89. The smallest absolute Gasteiger partial charge is 0.161 e. The molecule has 0 spiro atoms. The first kappa shape index (κ1) is 15.4. The Morgan fingerprint density at radius 1 is 1.30 bits per heavy atom. The van der Waals surface area contributed by atoms with Gasteiger partial charge in [-0.25, -0.2) is 0 Å². The Labute approximate surface area is 127 Å². The molecule has 20 heavy (non-hydrogen) atoms. The van der Waals surface area contributed by atoms with Gasteiger partial charge >= 0.3 is 0 Å². The van der Waals surface area contributed by atoms with Crippen molar-refractivity contribution in [2.75, 3.05) is 11.9 Å². The summed E-state index contributed by atoms with van der Waals surface area (Å²) in [5, 5.41) is 5.22. The molecular formula is C17H26N2S. The number of anilines is 1. The van der Waals surface area contributed by atoms with Gasteiger partial charge in [0.15, 0.2) is 5.17 Å². The van der Waals surface area contributed by atoms with Crippen molar-refractivity contribution in [1.29, 1.82) is 0 Å². The zero-order valence-electron chi connectivity index (χ0n) is 13.0. The first-order valence-corrected chi connectivity index (χ1v) is 8.60. The summed E-state index contributed by atoms with van der Waals surface area (Å²) in [7, 11) is 0. The molecule has 0 aliphatic carbocycles. The van der Waals surface area contributed by atoms with E-state index in [0.717, 1.165) is 23.3 Å². The minimum atomic E-state index is 0.562. The van der Waals surface area contributed by atoms with Crippen molar-refractivity contribution in [3.05, 3.63) is 29.8 Å². The average molecular weight is 290 g/mol. The summed E-state index contributed by atoms with van der Waals surface area (Å²) >= 11 is 1.92. The molecule has 1 heterocycles. The minimum absolute atomic E-state index is 0.562. The monoisotopic (exact) mass is 290 g/mol. The van der Waals surface area contributed by atoms with Gasteiger partial charge in [0, 0.05) is 10.9 Å². The van der Waals surface area contributed by atoms with Gasteiger partial charge in [-0.05, 0) is 29.5 Å². The van der Waals surface area contributed by atoms with Gasteiger partial charge in [-0.2, -0.15) is 0 Å². The molecule has 1 aromatic rings. The molecule has 0 bridgehead atoms. The van der Waals surface area contributed by atoms with E-state index in [4.69, 9.17) is 0 Å². The zero-order chi connectivity index (χ0) is 14.5. The Bertz CT molecular complexity index is 464. The molecule has 0 saturated heterocycles. The summed E-state index contributed by atoms with van der Waals surface area (Å²) in [4.78, 5) is 4.67. The van der Waals surface area contributed by atoms with E-state index in [0.29, 0.717) is 11.2 Å². The second-order valence-corrected chi connectivity index (χ2v) is 7.01. The van der Waals surface area contributed by atoms with Gasteiger partial charge in [-0.15, -0.1) is 0 Å². The first-order valence-electron chi connectivity index (χ1n) is 7.72. The van der Waals surface area contributed by atoms with Crippen LogP contribution in [-0.2, 0) is 0 Å². The Balaban J connectivity index is 1.97. The van der Waals surface area contributed by atoms with Crippen LogP contribution in [0.5, 0.6) is 0 Å². The number of aliphatic imine (C=N–C) groups is 1. The van der Waals surface area contributed by atoms with E-state index in [1.807, 2.05) is 11.8 Å². The first-order chi connectivity index (χ1) is 9.63. The highest BCUT2D eigenvalue weighted by atomic mass is 32.2. The van der Waals surface area contributed by atoms with Crippen LogP contribution in [0.1, 0.15) is 52.0 Å². The Kier molecular flexibility index (Phi) is 5.53. The van der Waals surface area contributed by atoms with Crippen molar-refractivity contribution < 1.29 is 0 Å². The molecule has 1 aliphatic heterocycles. The van der Waals surface area contributed by atoms with Gasteiger partial charge in [0.1, 0.15) is 0 Å². The fraction of sp³-hybridized carbons (Fsp3) is 0.588. The van der Waals surface area contributed by atoms with Gasteiger partial charge in [0.25, 0.3) is 0 Å². The SMILES string of the molecule is CCC(CC)C1CN=C(Nc2cccc(C(C)C)c2)S1. The molecule has 1 unspecified atom stereocenters. The molecule has 0 fully saturated rings. The van der Waals surface area contributed by atoms with E-state index in [2.05, 4.69) is 62.3 Å². The number of hydrogen-bond acceptors (Lipinski definition) is 3. The second-order valence-electron chi connectivity index (χ2n) is 5.78. The molecule has 1 aliphatic rings. The molecule has 0 radical (unpaired) electrons. The van der Waals surface area contributed by atoms with Crippen molar-refractivity contribution in [3.63, 3.8) is 0 Å². The highest BCUT2D eigenvalue weighted by molar-refractivity contribution is 8.15. The van der Waals surface area contributed by atoms with Crippen molar-refractivity contribution in [2.24, 2.45) is 10.9 Å². The molecule has 3 heteroatoms. The fourth-order valence-corrected chi connectivity index (χ4v) is 3.96. The Hall–Kier alpha value is -0.960. The third kappa shape index (κ3) is 3.78. The quantitative estimate of drug-likeness (QED) is 0.813. The summed E-state index contributed by atoms with van der Waals surface area (Å²) in [6, 6.07) is 8.67. The zero-order valence-corrected chi connectivity index (χ0v) is 13.8. The molecule has 2 nitrogen and oxygen atoms in total. The number of hydrogen-bond donors (Lipinski definition) is 1. The van der Waals surface area contributed by atoms with Crippen LogP contribution in [0.4, 0.5) is 5.69 Å². The van der Waals surface area contributed by atoms with Crippen molar-refractivity contribution in [3.8, 4) is 0 Å². The lowest BCUT2D eigenvalue weighted by Gasteiger charge is -2.18. The predicted octanol–water partition coefficient (Wildman–Crippen LogP) is 5.13. The van der Waals surface area contributed by atoms with Crippen LogP contribution < -0.4 is 5.32 Å². The molecule has 0 aromatic heterocycles. The van der Waals surface area contributed by atoms with E-state index >= 15 is 0 Å². The maximum absolute atomic E-state index is 4.67. The largest absolute Gasteiger partial charge is 0.335 e. The molecule has 1 atom stereocenters. The maximum Gasteiger partial charge on any atom is 0.161 e. The third-order valence-electron chi connectivity index (χ3n) is 4.06. The standard InChI is InChI=1S/C17H26N2S/c1-5-13(6-2)16-11-18-17(20-16)19-15-9-7-8-14(10-15)12(3)4/h7-10,12-13,16H,5-6,11H2,1-4H3,(H,18,19). The fourth-order valence-electron chi connectivity index (χ4n) is 2.62. The molecule has 1 aromatic carbocycles. The number of thioether (sulfide) groups is 1. The molecule has 2 rings (SSSR count). The molecule has 0 amide bonds. The van der Waals surface area contributed by atoms with Crippen LogP contribution in [0.2, 0.25) is 0 Å². The Morgan fingerprint density at radius 3 is 2.70 bits per heavy atom. The van der Waals surface area contributed by atoms with Crippen LogP contribution in [0.3, 0.4) is 0 Å². The maximum atomic E-state index is 4.67. The number of nitrogens with one attached hydrogen (secondary N) is 1. The normalized spacial score (nSPS) is 18.7. The summed E-state index contributed by atoms with van der Waals surface area (Å²) in [5.41, 5.74) is 2.53. The van der Waals surface area contributed by atoms with Crippen LogP contribution >= 0.6 is 11.8 Å². The number of amidine groups is 1. The van der Waals surface area contributed by atoms with E-state index in [1.54, 1.807) is 0 Å². The molecule has 0 saturated carbocycles. The number of benzene rings is 1. The third-order valence-corrected chi connectivity index (χ3v) is 5.35. The number of rotatable bonds is 5. The van der Waals surface area contributed by atoms with Crippen LogP contribution in [-0.4, -0.2) is 17.0 Å². The minimum Gasteiger partial charge on any atom is -0.335 e. The highest BCUT2D eigenvalue weighted by Crippen LogP contribution is 2.31.